The summed E-state index contributed by atoms with van der Waals surface area (Å²) < 4.78 is 1.53. The Morgan fingerprint density at radius 3 is 2.86 bits per heavy atom. The first-order chi connectivity index (χ1) is 10.7. The molecule has 1 fully saturated rings. The van der Waals surface area contributed by atoms with Crippen molar-refractivity contribution in [2.75, 3.05) is 6.54 Å². The van der Waals surface area contributed by atoms with Crippen molar-refractivity contribution in [1.82, 2.24) is 20.1 Å². The van der Waals surface area contributed by atoms with Gasteiger partial charge in [0, 0.05) is 31.2 Å². The second kappa shape index (κ2) is 6.60. The Morgan fingerprint density at radius 1 is 1.36 bits per heavy atom. The zero-order chi connectivity index (χ0) is 15.4. The Morgan fingerprint density at radius 2 is 2.18 bits per heavy atom. The lowest BCUT2D eigenvalue weighted by atomic mass is 9.89. The maximum absolute atomic E-state index is 12.2. The molecule has 2 heterocycles. The largest absolute Gasteiger partial charge is 0.507 e. The van der Waals surface area contributed by atoms with E-state index in [1.165, 1.54) is 49.0 Å². The lowest BCUT2D eigenvalue weighted by Crippen LogP contribution is -2.30. The molecule has 0 unspecified atom stereocenters. The van der Waals surface area contributed by atoms with Gasteiger partial charge in [-0.15, -0.1) is 0 Å². The van der Waals surface area contributed by atoms with Crippen molar-refractivity contribution in [3.05, 3.63) is 36.3 Å². The van der Waals surface area contributed by atoms with E-state index in [0.29, 0.717) is 18.3 Å². The van der Waals surface area contributed by atoms with Gasteiger partial charge in [0.25, 0.3) is 5.91 Å². The molecule has 22 heavy (non-hydrogen) atoms. The first-order valence-electron chi connectivity index (χ1n) is 7.71. The Balaban J connectivity index is 1.65. The summed E-state index contributed by atoms with van der Waals surface area (Å²) in [4.78, 5) is 16.3. The molecular weight excluding hydrogens is 280 g/mol. The van der Waals surface area contributed by atoms with Crippen LogP contribution in [-0.2, 0) is 0 Å². The molecule has 0 aliphatic heterocycles. The van der Waals surface area contributed by atoms with Crippen molar-refractivity contribution in [2.45, 2.75) is 32.1 Å². The van der Waals surface area contributed by atoms with E-state index in [1.54, 1.807) is 18.5 Å². The van der Waals surface area contributed by atoms with Crippen molar-refractivity contribution < 1.29 is 9.90 Å². The molecule has 1 aliphatic rings. The number of carbonyl (C=O) groups is 1. The van der Waals surface area contributed by atoms with E-state index in [2.05, 4.69) is 15.4 Å². The quantitative estimate of drug-likeness (QED) is 0.908. The average Bonchev–Trinajstić information content (AvgIpc) is 3.08. The number of aromatic hydroxyl groups is 1. The lowest BCUT2D eigenvalue weighted by molar-refractivity contribution is 0.0940. The maximum atomic E-state index is 12.2. The monoisotopic (exact) mass is 300 g/mol. The molecule has 2 aromatic rings. The third-order valence-corrected chi connectivity index (χ3v) is 4.13. The first-order valence-corrected chi connectivity index (χ1v) is 7.71. The fraction of sp³-hybridized carbons (Fsp3) is 0.438. The van der Waals surface area contributed by atoms with E-state index >= 15 is 0 Å². The molecule has 0 atom stereocenters. The van der Waals surface area contributed by atoms with E-state index < -0.39 is 0 Å². The van der Waals surface area contributed by atoms with Gasteiger partial charge in [-0.1, -0.05) is 19.3 Å². The van der Waals surface area contributed by atoms with Crippen LogP contribution < -0.4 is 5.32 Å². The second-order valence-corrected chi connectivity index (χ2v) is 5.72. The SMILES string of the molecule is O=C(NCC1CCCCC1)c1cnc(-n2cccn2)cc1O. The van der Waals surface area contributed by atoms with Crippen molar-refractivity contribution >= 4 is 5.91 Å². The van der Waals surface area contributed by atoms with Gasteiger partial charge >= 0.3 is 0 Å². The van der Waals surface area contributed by atoms with Gasteiger partial charge in [-0.2, -0.15) is 5.10 Å². The summed E-state index contributed by atoms with van der Waals surface area (Å²) in [5.74, 6) is 0.673. The summed E-state index contributed by atoms with van der Waals surface area (Å²) in [5, 5.41) is 17.0. The van der Waals surface area contributed by atoms with Crippen LogP contribution in [0.5, 0.6) is 5.75 Å². The van der Waals surface area contributed by atoms with Crippen molar-refractivity contribution in [3.63, 3.8) is 0 Å². The normalized spacial score (nSPS) is 15.6. The van der Waals surface area contributed by atoms with Crippen LogP contribution in [-0.4, -0.2) is 32.3 Å². The molecule has 0 radical (unpaired) electrons. The first kappa shape index (κ1) is 14.6. The highest BCUT2D eigenvalue weighted by Crippen LogP contribution is 2.23. The predicted molar refractivity (Wildman–Crippen MR) is 81.9 cm³/mol. The van der Waals surface area contributed by atoms with Crippen LogP contribution >= 0.6 is 0 Å². The number of nitrogens with one attached hydrogen (secondary N) is 1. The van der Waals surface area contributed by atoms with Gasteiger partial charge in [0.15, 0.2) is 5.82 Å². The Kier molecular flexibility index (Phi) is 4.37. The Labute approximate surface area is 129 Å². The Bertz CT molecular complexity index is 634. The van der Waals surface area contributed by atoms with Gasteiger partial charge in [0.05, 0.1) is 5.56 Å². The standard InChI is InChI=1S/C16H20N4O2/c21-14-9-15(20-8-4-7-19-20)17-11-13(14)16(22)18-10-12-5-2-1-3-6-12/h4,7-9,11-12H,1-3,5-6,10H2,(H,17,21)(H,18,22). The number of nitrogens with zero attached hydrogens (tertiary/aromatic N) is 3. The van der Waals surface area contributed by atoms with Crippen LogP contribution in [0.1, 0.15) is 42.5 Å². The van der Waals surface area contributed by atoms with E-state index in [4.69, 9.17) is 0 Å². The highest BCUT2D eigenvalue weighted by atomic mass is 16.3. The van der Waals surface area contributed by atoms with E-state index in [1.807, 2.05) is 0 Å². The zero-order valence-corrected chi connectivity index (χ0v) is 12.4. The van der Waals surface area contributed by atoms with Crippen LogP contribution in [0.2, 0.25) is 0 Å². The minimum absolute atomic E-state index is 0.0818. The lowest BCUT2D eigenvalue weighted by Gasteiger charge is -2.21. The van der Waals surface area contributed by atoms with E-state index in [9.17, 15) is 9.90 Å². The van der Waals surface area contributed by atoms with Crippen molar-refractivity contribution in [2.24, 2.45) is 5.92 Å². The molecule has 0 aromatic carbocycles. The maximum Gasteiger partial charge on any atom is 0.256 e. The number of hydrogen-bond acceptors (Lipinski definition) is 4. The number of aromatic nitrogens is 3. The summed E-state index contributed by atoms with van der Waals surface area (Å²) in [6, 6.07) is 3.21. The van der Waals surface area contributed by atoms with Crippen LogP contribution in [0.15, 0.2) is 30.7 Å². The molecule has 1 saturated carbocycles. The average molecular weight is 300 g/mol. The molecular formula is C16H20N4O2. The van der Waals surface area contributed by atoms with Crippen LogP contribution in [0, 0.1) is 5.92 Å². The van der Waals surface area contributed by atoms with Gasteiger partial charge in [0.1, 0.15) is 5.75 Å². The number of amides is 1. The molecule has 1 amide bonds. The minimum atomic E-state index is -0.275. The minimum Gasteiger partial charge on any atom is -0.507 e. The van der Waals surface area contributed by atoms with Gasteiger partial charge in [-0.25, -0.2) is 9.67 Å². The summed E-state index contributed by atoms with van der Waals surface area (Å²) in [7, 11) is 0. The summed E-state index contributed by atoms with van der Waals surface area (Å²) in [6.45, 7) is 0.666. The third kappa shape index (κ3) is 3.27. The molecule has 6 heteroatoms. The highest BCUT2D eigenvalue weighted by Gasteiger charge is 2.17. The molecule has 2 aromatic heterocycles. The molecule has 2 N–H and O–H groups in total. The van der Waals surface area contributed by atoms with Gasteiger partial charge < -0.3 is 10.4 Å². The summed E-state index contributed by atoms with van der Waals surface area (Å²) in [5.41, 5.74) is 0.201. The number of rotatable bonds is 4. The summed E-state index contributed by atoms with van der Waals surface area (Å²) in [6.07, 6.45) is 10.9. The van der Waals surface area contributed by atoms with Crippen molar-refractivity contribution in [3.8, 4) is 11.6 Å². The number of carbonyl (C=O) groups excluding carboxylic acids is 1. The van der Waals surface area contributed by atoms with Crippen LogP contribution in [0.25, 0.3) is 5.82 Å². The topological polar surface area (TPSA) is 80.0 Å². The predicted octanol–water partition coefficient (Wildman–Crippen LogP) is 2.28. The molecule has 0 bridgehead atoms. The number of pyridine rings is 1. The van der Waals surface area contributed by atoms with Crippen LogP contribution in [0.4, 0.5) is 0 Å². The zero-order valence-electron chi connectivity index (χ0n) is 12.4. The van der Waals surface area contributed by atoms with E-state index in [0.717, 1.165) is 0 Å². The molecule has 3 rings (SSSR count). The molecule has 6 nitrogen and oxygen atoms in total. The fourth-order valence-electron chi connectivity index (χ4n) is 2.86. The molecule has 116 valence electrons. The highest BCUT2D eigenvalue weighted by molar-refractivity contribution is 5.96. The number of hydrogen-bond donors (Lipinski definition) is 2. The summed E-state index contributed by atoms with van der Waals surface area (Å²) >= 11 is 0. The second-order valence-electron chi connectivity index (χ2n) is 5.72. The van der Waals surface area contributed by atoms with Crippen molar-refractivity contribution in [1.29, 1.82) is 0 Å². The molecule has 1 aliphatic carbocycles. The fourth-order valence-corrected chi connectivity index (χ4v) is 2.86. The van der Waals surface area contributed by atoms with E-state index in [-0.39, 0.29) is 17.2 Å². The van der Waals surface area contributed by atoms with Crippen LogP contribution in [0.3, 0.4) is 0 Å². The third-order valence-electron chi connectivity index (χ3n) is 4.13. The van der Waals surface area contributed by atoms with Gasteiger partial charge in [0.2, 0.25) is 0 Å². The molecule has 0 spiro atoms. The Hall–Kier alpha value is -2.37. The smallest absolute Gasteiger partial charge is 0.256 e. The van der Waals surface area contributed by atoms with Gasteiger partial charge in [-0.3, -0.25) is 4.79 Å². The van der Waals surface area contributed by atoms with Gasteiger partial charge in [-0.05, 0) is 24.8 Å². The molecule has 0 saturated heterocycles.